The van der Waals surface area contributed by atoms with Crippen molar-refractivity contribution in [3.8, 4) is 5.75 Å². The van der Waals surface area contributed by atoms with Gasteiger partial charge in [-0.05, 0) is 49.9 Å². The van der Waals surface area contributed by atoms with E-state index in [4.69, 9.17) is 4.74 Å². The van der Waals surface area contributed by atoms with Crippen molar-refractivity contribution in [2.75, 3.05) is 20.2 Å². The van der Waals surface area contributed by atoms with Crippen molar-refractivity contribution in [1.82, 2.24) is 10.6 Å². The van der Waals surface area contributed by atoms with Crippen molar-refractivity contribution < 1.29 is 9.53 Å². The maximum Gasteiger partial charge on any atom is 0.221 e. The van der Waals surface area contributed by atoms with E-state index < -0.39 is 0 Å². The third-order valence-electron chi connectivity index (χ3n) is 5.46. The lowest BCUT2D eigenvalue weighted by Crippen LogP contribution is -2.40. The fraction of sp³-hybridized carbons (Fsp3) is 0.632. The zero-order chi connectivity index (χ0) is 16.1. The van der Waals surface area contributed by atoms with Gasteiger partial charge in [0.1, 0.15) is 5.75 Å². The van der Waals surface area contributed by atoms with Gasteiger partial charge in [0.15, 0.2) is 0 Å². The molecule has 1 aliphatic heterocycles. The normalized spacial score (nSPS) is 22.9. The Labute approximate surface area is 139 Å². The highest BCUT2D eigenvalue weighted by Crippen LogP contribution is 2.41. The second-order valence-corrected chi connectivity index (χ2v) is 6.99. The topological polar surface area (TPSA) is 50.4 Å². The molecule has 3 rings (SSSR count). The van der Waals surface area contributed by atoms with E-state index in [1.807, 2.05) is 6.07 Å². The summed E-state index contributed by atoms with van der Waals surface area (Å²) in [4.78, 5) is 12.3. The molecular formula is C19H28N2O2. The van der Waals surface area contributed by atoms with E-state index in [1.165, 1.54) is 24.8 Å². The molecule has 1 amide bonds. The zero-order valence-corrected chi connectivity index (χ0v) is 14.1. The molecule has 23 heavy (non-hydrogen) atoms. The summed E-state index contributed by atoms with van der Waals surface area (Å²) in [7, 11) is 1.71. The Morgan fingerprint density at radius 3 is 2.87 bits per heavy atom. The summed E-state index contributed by atoms with van der Waals surface area (Å²) in [6, 6.07) is 8.72. The van der Waals surface area contributed by atoms with Crippen LogP contribution in [0.15, 0.2) is 24.3 Å². The molecule has 1 aliphatic carbocycles. The van der Waals surface area contributed by atoms with Crippen molar-refractivity contribution in [2.45, 2.75) is 56.4 Å². The molecule has 1 saturated carbocycles. The Balaban J connectivity index is 1.64. The van der Waals surface area contributed by atoms with E-state index in [0.717, 1.165) is 38.1 Å². The minimum absolute atomic E-state index is 0.0767. The third kappa shape index (κ3) is 3.86. The highest BCUT2D eigenvalue weighted by Gasteiger charge is 2.36. The molecule has 1 aromatic rings. The number of benzene rings is 1. The van der Waals surface area contributed by atoms with Gasteiger partial charge in [0.2, 0.25) is 5.91 Å². The van der Waals surface area contributed by atoms with Crippen LogP contribution in [0.25, 0.3) is 0 Å². The summed E-state index contributed by atoms with van der Waals surface area (Å²) < 4.78 is 5.38. The first-order valence-corrected chi connectivity index (χ1v) is 8.86. The predicted octanol–water partition coefficient (Wildman–Crippen LogP) is 2.77. The Morgan fingerprint density at radius 2 is 2.17 bits per heavy atom. The van der Waals surface area contributed by atoms with E-state index in [1.54, 1.807) is 7.11 Å². The first kappa shape index (κ1) is 16.3. The van der Waals surface area contributed by atoms with Gasteiger partial charge < -0.3 is 15.4 Å². The van der Waals surface area contributed by atoms with Gasteiger partial charge in [-0.1, -0.05) is 25.0 Å². The van der Waals surface area contributed by atoms with Crippen LogP contribution in [0, 0.1) is 0 Å². The van der Waals surface area contributed by atoms with E-state index >= 15 is 0 Å². The Kier molecular flexibility index (Phi) is 5.21. The quantitative estimate of drug-likeness (QED) is 0.848. The van der Waals surface area contributed by atoms with Crippen molar-refractivity contribution in [2.24, 2.45) is 0 Å². The Morgan fingerprint density at radius 1 is 1.35 bits per heavy atom. The van der Waals surface area contributed by atoms with Crippen LogP contribution in [0.3, 0.4) is 0 Å². The van der Waals surface area contributed by atoms with Crippen molar-refractivity contribution in [1.29, 1.82) is 0 Å². The molecule has 1 aromatic carbocycles. The van der Waals surface area contributed by atoms with Crippen LogP contribution in [-0.4, -0.2) is 32.1 Å². The van der Waals surface area contributed by atoms with Crippen LogP contribution in [0.1, 0.15) is 50.5 Å². The van der Waals surface area contributed by atoms with E-state index in [9.17, 15) is 4.79 Å². The van der Waals surface area contributed by atoms with Crippen molar-refractivity contribution in [3.63, 3.8) is 0 Å². The molecule has 2 N–H and O–H groups in total. The summed E-state index contributed by atoms with van der Waals surface area (Å²) in [5.74, 6) is 1.08. The van der Waals surface area contributed by atoms with Crippen molar-refractivity contribution >= 4 is 5.91 Å². The van der Waals surface area contributed by atoms with Gasteiger partial charge in [0.05, 0.1) is 7.11 Å². The molecule has 0 spiro atoms. The van der Waals surface area contributed by atoms with Crippen LogP contribution in [0.4, 0.5) is 0 Å². The van der Waals surface area contributed by atoms with Gasteiger partial charge in [-0.3, -0.25) is 4.79 Å². The van der Waals surface area contributed by atoms with E-state index in [0.29, 0.717) is 12.5 Å². The van der Waals surface area contributed by atoms with Gasteiger partial charge in [-0.15, -0.1) is 0 Å². The molecule has 0 bridgehead atoms. The molecule has 2 aliphatic rings. The molecule has 2 fully saturated rings. The number of amides is 1. The third-order valence-corrected chi connectivity index (χ3v) is 5.46. The highest BCUT2D eigenvalue weighted by atomic mass is 16.5. The number of methoxy groups -OCH3 is 1. The van der Waals surface area contributed by atoms with Crippen LogP contribution in [-0.2, 0) is 10.2 Å². The number of carbonyl (C=O) groups excluding carboxylic acids is 1. The molecule has 4 heteroatoms. The van der Waals surface area contributed by atoms with Gasteiger partial charge in [0, 0.05) is 24.4 Å². The average Bonchev–Trinajstić information content (AvgIpc) is 3.25. The van der Waals surface area contributed by atoms with Crippen LogP contribution >= 0.6 is 0 Å². The fourth-order valence-corrected chi connectivity index (χ4v) is 4.07. The molecule has 0 aromatic heterocycles. The summed E-state index contributed by atoms with van der Waals surface area (Å²) in [5.41, 5.74) is 1.38. The maximum absolute atomic E-state index is 12.3. The maximum atomic E-state index is 12.3. The Hall–Kier alpha value is -1.55. The lowest BCUT2D eigenvalue weighted by molar-refractivity contribution is -0.121. The molecular weight excluding hydrogens is 288 g/mol. The van der Waals surface area contributed by atoms with E-state index in [2.05, 4.69) is 28.8 Å². The second kappa shape index (κ2) is 7.35. The lowest BCUT2D eigenvalue weighted by atomic mass is 9.78. The first-order chi connectivity index (χ1) is 11.2. The SMILES string of the molecule is COc1cccc(C2(CNC(=O)CC3CCCN3)CCCC2)c1. The Bertz CT molecular complexity index is 532. The van der Waals surface area contributed by atoms with Crippen LogP contribution < -0.4 is 15.4 Å². The molecule has 1 unspecified atom stereocenters. The van der Waals surface area contributed by atoms with Gasteiger partial charge in [0.25, 0.3) is 0 Å². The summed E-state index contributed by atoms with van der Waals surface area (Å²) >= 11 is 0. The number of carbonyl (C=O) groups is 1. The molecule has 1 atom stereocenters. The average molecular weight is 316 g/mol. The second-order valence-electron chi connectivity index (χ2n) is 6.99. The smallest absolute Gasteiger partial charge is 0.221 e. The summed E-state index contributed by atoms with van der Waals surface area (Å²) in [6.45, 7) is 1.79. The lowest BCUT2D eigenvalue weighted by Gasteiger charge is -2.30. The minimum atomic E-state index is 0.0767. The number of rotatable bonds is 6. The highest BCUT2D eigenvalue weighted by molar-refractivity contribution is 5.76. The first-order valence-electron chi connectivity index (χ1n) is 8.86. The monoisotopic (exact) mass is 316 g/mol. The molecule has 126 valence electrons. The minimum Gasteiger partial charge on any atom is -0.497 e. The number of ether oxygens (including phenoxy) is 1. The van der Waals surface area contributed by atoms with E-state index in [-0.39, 0.29) is 11.3 Å². The zero-order valence-electron chi connectivity index (χ0n) is 14.1. The van der Waals surface area contributed by atoms with Gasteiger partial charge in [-0.2, -0.15) is 0 Å². The largest absolute Gasteiger partial charge is 0.497 e. The van der Waals surface area contributed by atoms with Gasteiger partial charge >= 0.3 is 0 Å². The van der Waals surface area contributed by atoms with Crippen molar-refractivity contribution in [3.05, 3.63) is 29.8 Å². The molecule has 1 saturated heterocycles. The number of nitrogens with one attached hydrogen (secondary N) is 2. The number of hydrogen-bond acceptors (Lipinski definition) is 3. The fourth-order valence-electron chi connectivity index (χ4n) is 4.07. The predicted molar refractivity (Wildman–Crippen MR) is 91.8 cm³/mol. The molecule has 0 radical (unpaired) electrons. The van der Waals surface area contributed by atoms with Crippen LogP contribution in [0.2, 0.25) is 0 Å². The van der Waals surface area contributed by atoms with Crippen LogP contribution in [0.5, 0.6) is 5.75 Å². The van der Waals surface area contributed by atoms with Gasteiger partial charge in [-0.25, -0.2) is 0 Å². The molecule has 1 heterocycles. The number of hydrogen-bond donors (Lipinski definition) is 2. The summed E-state index contributed by atoms with van der Waals surface area (Å²) in [6.07, 6.45) is 7.66. The standard InChI is InChI=1S/C19H28N2O2/c1-23-17-8-4-6-15(12-17)19(9-2-3-10-19)14-21-18(22)13-16-7-5-11-20-16/h4,6,8,12,16,20H,2-3,5,7,9-11,13-14H2,1H3,(H,21,22). The summed E-state index contributed by atoms with van der Waals surface area (Å²) in [5, 5.41) is 6.60. The molecule has 4 nitrogen and oxygen atoms in total.